The molecule has 0 unspecified atom stereocenters. The number of halogens is 2. The monoisotopic (exact) mass is 436 g/mol. The summed E-state index contributed by atoms with van der Waals surface area (Å²) in [5.41, 5.74) is 1.31. The normalized spacial score (nSPS) is 16.7. The summed E-state index contributed by atoms with van der Waals surface area (Å²) in [6.45, 7) is 3.89. The third-order valence-electron chi connectivity index (χ3n) is 3.65. The highest BCUT2D eigenvalue weighted by Crippen LogP contribution is 2.35. The van der Waals surface area contributed by atoms with E-state index in [1.165, 1.54) is 11.8 Å². The second-order valence-corrected chi connectivity index (χ2v) is 7.95. The van der Waals surface area contributed by atoms with Crippen molar-refractivity contribution >= 4 is 57.8 Å². The number of aliphatic imine (C=N–C) groups is 1. The zero-order valence-electron chi connectivity index (χ0n) is 15.5. The molecule has 0 bridgehead atoms. The molecule has 0 spiro atoms. The molecule has 8 heteroatoms. The first-order valence-corrected chi connectivity index (χ1v) is 10.0. The van der Waals surface area contributed by atoms with Crippen LogP contribution in [0.1, 0.15) is 19.4 Å². The summed E-state index contributed by atoms with van der Waals surface area (Å²) in [7, 11) is 1.58. The van der Waals surface area contributed by atoms with E-state index in [1.54, 1.807) is 31.4 Å². The third-order valence-corrected chi connectivity index (χ3v) is 5.37. The van der Waals surface area contributed by atoms with Crippen molar-refractivity contribution in [3.8, 4) is 11.5 Å². The molecule has 1 N–H and O–H groups in total. The van der Waals surface area contributed by atoms with Crippen LogP contribution in [0.5, 0.6) is 11.5 Å². The number of methoxy groups -OCH3 is 1. The zero-order valence-corrected chi connectivity index (χ0v) is 17.8. The van der Waals surface area contributed by atoms with Gasteiger partial charge in [0.1, 0.15) is 0 Å². The largest absolute Gasteiger partial charge is 0.493 e. The van der Waals surface area contributed by atoms with E-state index in [-0.39, 0.29) is 12.0 Å². The van der Waals surface area contributed by atoms with Crippen LogP contribution in [-0.4, -0.2) is 24.3 Å². The Balaban J connectivity index is 1.84. The molecule has 2 aromatic carbocycles. The molecule has 0 radical (unpaired) electrons. The van der Waals surface area contributed by atoms with Gasteiger partial charge < -0.3 is 14.8 Å². The number of amidine groups is 1. The predicted molar refractivity (Wildman–Crippen MR) is 116 cm³/mol. The highest BCUT2D eigenvalue weighted by Gasteiger charge is 2.24. The topological polar surface area (TPSA) is 59.9 Å². The van der Waals surface area contributed by atoms with Crippen molar-refractivity contribution in [2.75, 3.05) is 7.11 Å². The summed E-state index contributed by atoms with van der Waals surface area (Å²) in [5.74, 6) is 1.02. The number of nitrogens with one attached hydrogen (secondary N) is 1. The van der Waals surface area contributed by atoms with Crippen molar-refractivity contribution in [3.63, 3.8) is 0 Å². The molecule has 1 fully saturated rings. The van der Waals surface area contributed by atoms with Gasteiger partial charge in [0.2, 0.25) is 0 Å². The molecule has 2 aromatic rings. The fraction of sp³-hybridized carbons (Fsp3) is 0.200. The summed E-state index contributed by atoms with van der Waals surface area (Å²) < 4.78 is 11.1. The maximum absolute atomic E-state index is 12.3. The van der Waals surface area contributed by atoms with E-state index in [4.69, 9.17) is 32.7 Å². The van der Waals surface area contributed by atoms with Crippen LogP contribution in [0.4, 0.5) is 5.69 Å². The van der Waals surface area contributed by atoms with Gasteiger partial charge in [0.05, 0.1) is 33.9 Å². The van der Waals surface area contributed by atoms with Gasteiger partial charge in [0.15, 0.2) is 16.7 Å². The van der Waals surface area contributed by atoms with Crippen LogP contribution in [-0.2, 0) is 4.79 Å². The number of ether oxygens (including phenoxy) is 2. The fourth-order valence-electron chi connectivity index (χ4n) is 2.45. The molecule has 1 aliphatic rings. The Bertz CT molecular complexity index is 974. The van der Waals surface area contributed by atoms with E-state index in [1.807, 2.05) is 32.0 Å². The SMILES string of the molecule is COc1cc(/C=C2\SC(=Nc3cccc(Cl)c3Cl)NC2=O)ccc1OC(C)C. The number of thioether (sulfide) groups is 1. The smallest absolute Gasteiger partial charge is 0.264 e. The summed E-state index contributed by atoms with van der Waals surface area (Å²) >= 11 is 13.4. The molecule has 28 heavy (non-hydrogen) atoms. The Labute approximate surface area is 177 Å². The number of nitrogens with zero attached hydrogens (tertiary/aromatic N) is 1. The summed E-state index contributed by atoms with van der Waals surface area (Å²) in [6, 6.07) is 10.7. The Hall–Kier alpha value is -2.15. The van der Waals surface area contributed by atoms with Gasteiger partial charge in [0.25, 0.3) is 5.91 Å². The van der Waals surface area contributed by atoms with E-state index < -0.39 is 0 Å². The Morgan fingerprint density at radius 1 is 1.18 bits per heavy atom. The van der Waals surface area contributed by atoms with E-state index in [0.717, 1.165) is 5.56 Å². The molecule has 0 aromatic heterocycles. The Kier molecular flexibility index (Phi) is 6.54. The second kappa shape index (κ2) is 8.90. The summed E-state index contributed by atoms with van der Waals surface area (Å²) in [5, 5.41) is 3.92. The number of hydrogen-bond donors (Lipinski definition) is 1. The lowest BCUT2D eigenvalue weighted by Crippen LogP contribution is -2.19. The van der Waals surface area contributed by atoms with E-state index >= 15 is 0 Å². The van der Waals surface area contributed by atoms with Crippen molar-refractivity contribution in [1.82, 2.24) is 5.32 Å². The van der Waals surface area contributed by atoms with Gasteiger partial charge >= 0.3 is 0 Å². The molecular formula is C20H18Cl2N2O3S. The minimum atomic E-state index is -0.233. The van der Waals surface area contributed by atoms with Crippen LogP contribution in [0.2, 0.25) is 10.0 Å². The quantitative estimate of drug-likeness (QED) is 0.612. The predicted octanol–water partition coefficient (Wildman–Crippen LogP) is 5.68. The van der Waals surface area contributed by atoms with Gasteiger partial charge in [-0.1, -0.05) is 35.3 Å². The fourth-order valence-corrected chi connectivity index (χ4v) is 3.62. The maximum atomic E-state index is 12.3. The van der Waals surface area contributed by atoms with Crippen molar-refractivity contribution in [3.05, 3.63) is 56.9 Å². The van der Waals surface area contributed by atoms with Gasteiger partial charge in [-0.3, -0.25) is 4.79 Å². The van der Waals surface area contributed by atoms with Gasteiger partial charge in [-0.15, -0.1) is 0 Å². The van der Waals surface area contributed by atoms with Crippen LogP contribution < -0.4 is 14.8 Å². The lowest BCUT2D eigenvalue weighted by atomic mass is 10.2. The average Bonchev–Trinajstić information content (AvgIpc) is 2.99. The molecular weight excluding hydrogens is 419 g/mol. The number of rotatable bonds is 5. The van der Waals surface area contributed by atoms with Crippen molar-refractivity contribution in [2.24, 2.45) is 4.99 Å². The minimum absolute atomic E-state index is 0.0337. The number of benzene rings is 2. The first-order chi connectivity index (χ1) is 13.4. The molecule has 3 rings (SSSR count). The lowest BCUT2D eigenvalue weighted by Gasteiger charge is -2.13. The number of amides is 1. The minimum Gasteiger partial charge on any atom is -0.493 e. The second-order valence-electron chi connectivity index (χ2n) is 6.13. The molecule has 0 saturated carbocycles. The van der Waals surface area contributed by atoms with Crippen LogP contribution in [0.3, 0.4) is 0 Å². The van der Waals surface area contributed by atoms with Crippen molar-refractivity contribution in [2.45, 2.75) is 20.0 Å². The molecule has 1 aliphatic heterocycles. The molecule has 1 saturated heterocycles. The van der Waals surface area contributed by atoms with E-state index in [2.05, 4.69) is 10.3 Å². The summed E-state index contributed by atoms with van der Waals surface area (Å²) in [6.07, 6.45) is 1.80. The summed E-state index contributed by atoms with van der Waals surface area (Å²) in [4.78, 5) is 17.2. The van der Waals surface area contributed by atoms with Crippen LogP contribution >= 0.6 is 35.0 Å². The Morgan fingerprint density at radius 3 is 2.68 bits per heavy atom. The van der Waals surface area contributed by atoms with Crippen molar-refractivity contribution < 1.29 is 14.3 Å². The van der Waals surface area contributed by atoms with E-state index in [0.29, 0.717) is 37.3 Å². The van der Waals surface area contributed by atoms with Gasteiger partial charge in [-0.2, -0.15) is 0 Å². The van der Waals surface area contributed by atoms with E-state index in [9.17, 15) is 4.79 Å². The third kappa shape index (κ3) is 4.82. The van der Waals surface area contributed by atoms with Gasteiger partial charge in [0, 0.05) is 0 Å². The van der Waals surface area contributed by atoms with Crippen LogP contribution in [0, 0.1) is 0 Å². The molecule has 0 aliphatic carbocycles. The lowest BCUT2D eigenvalue weighted by molar-refractivity contribution is -0.115. The molecule has 1 amide bonds. The Morgan fingerprint density at radius 2 is 1.96 bits per heavy atom. The highest BCUT2D eigenvalue weighted by atomic mass is 35.5. The van der Waals surface area contributed by atoms with Gasteiger partial charge in [-0.05, 0) is 61.5 Å². The number of carbonyl (C=O) groups excluding carboxylic acids is 1. The molecule has 5 nitrogen and oxygen atoms in total. The standard InChI is InChI=1S/C20H18Cl2N2O3S/c1-11(2)27-15-8-7-12(9-16(15)26-3)10-17-19(25)24-20(28-17)23-14-6-4-5-13(21)18(14)22/h4-11H,1-3H3,(H,23,24,25)/b17-10-. The highest BCUT2D eigenvalue weighted by molar-refractivity contribution is 8.18. The average molecular weight is 437 g/mol. The first-order valence-electron chi connectivity index (χ1n) is 8.45. The zero-order chi connectivity index (χ0) is 20.3. The maximum Gasteiger partial charge on any atom is 0.264 e. The number of carbonyl (C=O) groups is 1. The van der Waals surface area contributed by atoms with Crippen LogP contribution in [0.15, 0.2) is 46.3 Å². The molecule has 146 valence electrons. The van der Waals surface area contributed by atoms with Gasteiger partial charge in [-0.25, -0.2) is 4.99 Å². The number of hydrogen-bond acceptors (Lipinski definition) is 5. The molecule has 0 atom stereocenters. The molecule has 1 heterocycles. The van der Waals surface area contributed by atoms with Crippen molar-refractivity contribution in [1.29, 1.82) is 0 Å². The first kappa shape index (κ1) is 20.6. The van der Waals surface area contributed by atoms with Crippen LogP contribution in [0.25, 0.3) is 6.08 Å².